The minimum atomic E-state index is -0.916. The molecule has 0 saturated carbocycles. The van der Waals surface area contributed by atoms with E-state index >= 15 is 0 Å². The number of nitrogens with one attached hydrogen (secondary N) is 1. The van der Waals surface area contributed by atoms with Gasteiger partial charge in [0.1, 0.15) is 0 Å². The molecule has 0 radical (unpaired) electrons. The Morgan fingerprint density at radius 2 is 0.849 bits per heavy atom. The van der Waals surface area contributed by atoms with Crippen molar-refractivity contribution >= 4 is 5.91 Å². The fourth-order valence-electron chi connectivity index (χ4n) is 5.98. The quantitative estimate of drug-likeness (QED) is 0.0437. The number of aliphatic hydroxyl groups is 2. The fourth-order valence-corrected chi connectivity index (χ4v) is 5.98. The number of hydrogen-bond donors (Lipinski definition) is 3. The zero-order valence-corrected chi connectivity index (χ0v) is 34.5. The van der Waals surface area contributed by atoms with E-state index in [0.717, 1.165) is 57.8 Å². The molecule has 1 amide bonds. The minimum Gasteiger partial charge on any atom is -0.394 e. The lowest BCUT2D eigenvalue weighted by Crippen LogP contribution is -2.44. The van der Waals surface area contributed by atoms with Gasteiger partial charge >= 0.3 is 0 Å². The second kappa shape index (κ2) is 43.7. The summed E-state index contributed by atoms with van der Waals surface area (Å²) in [6.45, 7) is 4.12. The van der Waals surface area contributed by atoms with Crippen molar-refractivity contribution in [1.82, 2.24) is 5.32 Å². The molecule has 0 aliphatic rings. The second-order valence-electron chi connectivity index (χ2n) is 14.4. The predicted octanol–water partition coefficient (Wildman–Crippen LogP) is 13.8. The van der Waals surface area contributed by atoms with Crippen molar-refractivity contribution < 1.29 is 15.0 Å². The van der Waals surface area contributed by atoms with Crippen molar-refractivity contribution in [2.45, 2.75) is 199 Å². The van der Waals surface area contributed by atoms with E-state index < -0.39 is 12.1 Å². The van der Waals surface area contributed by atoms with E-state index in [9.17, 15) is 15.0 Å². The van der Waals surface area contributed by atoms with Crippen molar-refractivity contribution in [2.75, 3.05) is 6.61 Å². The van der Waals surface area contributed by atoms with Crippen LogP contribution < -0.4 is 5.32 Å². The number of amides is 1. The summed E-state index contributed by atoms with van der Waals surface area (Å²) in [5.74, 6) is -0.208. The van der Waals surface area contributed by atoms with E-state index in [1.54, 1.807) is 6.08 Å². The maximum atomic E-state index is 12.3. The molecule has 53 heavy (non-hydrogen) atoms. The Morgan fingerprint density at radius 1 is 0.472 bits per heavy atom. The van der Waals surface area contributed by atoms with Gasteiger partial charge in [0.05, 0.1) is 18.8 Å². The van der Waals surface area contributed by atoms with Gasteiger partial charge in [-0.3, -0.25) is 4.79 Å². The summed E-state index contributed by atoms with van der Waals surface area (Å²) in [5, 5.41) is 22.8. The molecule has 0 heterocycles. The lowest BCUT2D eigenvalue weighted by atomic mass is 10.0. The summed E-state index contributed by atoms with van der Waals surface area (Å²) < 4.78 is 0. The Kier molecular flexibility index (Phi) is 41.5. The van der Waals surface area contributed by atoms with Gasteiger partial charge < -0.3 is 15.5 Å². The number of rotatable bonds is 38. The number of aliphatic hydroxyl groups excluding tert-OH is 2. The van der Waals surface area contributed by atoms with Crippen LogP contribution >= 0.6 is 0 Å². The topological polar surface area (TPSA) is 69.6 Å². The van der Waals surface area contributed by atoms with E-state index in [2.05, 4.69) is 92.1 Å². The van der Waals surface area contributed by atoms with Gasteiger partial charge in [-0.15, -0.1) is 0 Å². The molecule has 0 bridgehead atoms. The van der Waals surface area contributed by atoms with Crippen molar-refractivity contribution in [1.29, 1.82) is 0 Å². The lowest BCUT2D eigenvalue weighted by Gasteiger charge is -2.19. The molecule has 0 spiro atoms. The highest BCUT2D eigenvalue weighted by atomic mass is 16.3. The zero-order valence-electron chi connectivity index (χ0n) is 34.5. The average molecular weight is 734 g/mol. The van der Waals surface area contributed by atoms with Gasteiger partial charge in [0.15, 0.2) is 0 Å². The molecule has 0 saturated heterocycles. The van der Waals surface area contributed by atoms with Crippen LogP contribution in [-0.4, -0.2) is 34.9 Å². The summed E-state index contributed by atoms with van der Waals surface area (Å²) in [6, 6.07) is -0.706. The Balaban J connectivity index is 3.74. The van der Waals surface area contributed by atoms with Gasteiger partial charge in [-0.2, -0.15) is 0 Å². The summed E-state index contributed by atoms with van der Waals surface area (Å²) in [6.07, 6.45) is 65.5. The third kappa shape index (κ3) is 40.3. The Hall–Kier alpha value is -2.69. The SMILES string of the molecule is CC/C=C\C/C=C\C/C=C\C/C=C\C/C=C\CC(=O)NC(CO)C(O)/C=C/CC/C=C/CC/C=C/CCCCCCCCCCCCCCCCCC. The molecule has 2 unspecified atom stereocenters. The van der Waals surface area contributed by atoms with Crippen LogP contribution in [0.5, 0.6) is 0 Å². The molecule has 3 N–H and O–H groups in total. The third-order valence-corrected chi connectivity index (χ3v) is 9.31. The summed E-state index contributed by atoms with van der Waals surface area (Å²) in [4.78, 5) is 12.3. The highest BCUT2D eigenvalue weighted by Gasteiger charge is 2.17. The van der Waals surface area contributed by atoms with Crippen molar-refractivity contribution in [2.24, 2.45) is 0 Å². The lowest BCUT2D eigenvalue weighted by molar-refractivity contribution is -0.122. The standard InChI is InChI=1S/C49H83NO3/c1-3-5-7-9-11-13-15-17-19-20-21-22-23-24-25-26-27-28-29-31-32-34-36-38-40-42-44-48(52)47(46-51)50-49(53)45-43-41-39-37-35-33-30-18-16-14-12-10-8-6-4-2/h6,8,12,14,18,28-30,34-37,41-44,47-48,51-52H,3-5,7,9-11,13,15-17,19-27,31-33,38-40,45-46H2,1-2H3,(H,50,53)/b8-6-,14-12-,29-28+,30-18-,36-34+,37-35-,43-41-,44-42+. The van der Waals surface area contributed by atoms with E-state index in [-0.39, 0.29) is 18.9 Å². The van der Waals surface area contributed by atoms with E-state index in [1.165, 1.54) is 109 Å². The molecule has 0 aliphatic carbocycles. The van der Waals surface area contributed by atoms with E-state index in [0.29, 0.717) is 0 Å². The molecule has 4 nitrogen and oxygen atoms in total. The van der Waals surface area contributed by atoms with Crippen LogP contribution in [0.25, 0.3) is 0 Å². The number of carbonyl (C=O) groups excluding carboxylic acids is 1. The smallest absolute Gasteiger partial charge is 0.224 e. The van der Waals surface area contributed by atoms with Gasteiger partial charge in [0.25, 0.3) is 0 Å². The molecule has 4 heteroatoms. The van der Waals surface area contributed by atoms with Crippen LogP contribution in [0.3, 0.4) is 0 Å². The van der Waals surface area contributed by atoms with Crippen LogP contribution in [-0.2, 0) is 4.79 Å². The van der Waals surface area contributed by atoms with Crippen LogP contribution in [0.2, 0.25) is 0 Å². The second-order valence-corrected chi connectivity index (χ2v) is 14.4. The highest BCUT2D eigenvalue weighted by Crippen LogP contribution is 2.14. The maximum absolute atomic E-state index is 12.3. The average Bonchev–Trinajstić information content (AvgIpc) is 3.16. The highest BCUT2D eigenvalue weighted by molar-refractivity contribution is 5.77. The van der Waals surface area contributed by atoms with Crippen molar-refractivity contribution in [3.8, 4) is 0 Å². The fraction of sp³-hybridized carbons (Fsp3) is 0.653. The van der Waals surface area contributed by atoms with Gasteiger partial charge in [0.2, 0.25) is 5.91 Å². The number of carbonyl (C=O) groups is 1. The first-order chi connectivity index (χ1) is 26.2. The first-order valence-electron chi connectivity index (χ1n) is 22.0. The molecular formula is C49H83NO3. The zero-order chi connectivity index (χ0) is 38.6. The van der Waals surface area contributed by atoms with Crippen molar-refractivity contribution in [3.63, 3.8) is 0 Å². The van der Waals surface area contributed by atoms with Crippen LogP contribution in [0.1, 0.15) is 187 Å². The summed E-state index contributed by atoms with van der Waals surface area (Å²) in [5.41, 5.74) is 0. The van der Waals surface area contributed by atoms with Crippen LogP contribution in [0, 0.1) is 0 Å². The maximum Gasteiger partial charge on any atom is 0.224 e. The molecular weight excluding hydrogens is 651 g/mol. The summed E-state index contributed by atoms with van der Waals surface area (Å²) in [7, 11) is 0. The molecule has 0 aliphatic heterocycles. The van der Waals surface area contributed by atoms with Crippen LogP contribution in [0.4, 0.5) is 0 Å². The molecule has 0 fully saturated rings. The normalized spacial score (nSPS) is 14.0. The Morgan fingerprint density at radius 3 is 1.28 bits per heavy atom. The van der Waals surface area contributed by atoms with Gasteiger partial charge in [-0.1, -0.05) is 207 Å². The molecule has 0 aromatic heterocycles. The molecule has 302 valence electrons. The Bertz CT molecular complexity index is 1010. The monoisotopic (exact) mass is 734 g/mol. The molecule has 0 aromatic carbocycles. The minimum absolute atomic E-state index is 0.208. The molecule has 0 aromatic rings. The summed E-state index contributed by atoms with van der Waals surface area (Å²) >= 11 is 0. The Labute approximate surface area is 328 Å². The number of unbranched alkanes of at least 4 members (excludes halogenated alkanes) is 18. The number of allylic oxidation sites excluding steroid dienone is 14. The van der Waals surface area contributed by atoms with Gasteiger partial charge in [-0.05, 0) is 70.6 Å². The van der Waals surface area contributed by atoms with Gasteiger partial charge in [0, 0.05) is 6.42 Å². The largest absolute Gasteiger partial charge is 0.394 e. The third-order valence-electron chi connectivity index (χ3n) is 9.31. The first-order valence-corrected chi connectivity index (χ1v) is 22.0. The van der Waals surface area contributed by atoms with Crippen LogP contribution in [0.15, 0.2) is 97.2 Å². The first kappa shape index (κ1) is 50.3. The molecule has 2 atom stereocenters. The predicted molar refractivity (Wildman–Crippen MR) is 234 cm³/mol. The molecule has 0 rings (SSSR count). The van der Waals surface area contributed by atoms with Crippen molar-refractivity contribution in [3.05, 3.63) is 97.2 Å². The number of hydrogen-bond acceptors (Lipinski definition) is 3. The van der Waals surface area contributed by atoms with E-state index in [4.69, 9.17) is 0 Å². The van der Waals surface area contributed by atoms with Gasteiger partial charge in [-0.25, -0.2) is 0 Å². The van der Waals surface area contributed by atoms with E-state index in [1.807, 2.05) is 18.2 Å².